The Labute approximate surface area is 258 Å². The highest BCUT2D eigenvalue weighted by Gasteiger charge is 2.38. The van der Waals surface area contributed by atoms with E-state index in [9.17, 15) is 34.8 Å². The summed E-state index contributed by atoms with van der Waals surface area (Å²) in [5.41, 5.74) is -2.51. The van der Waals surface area contributed by atoms with E-state index in [4.69, 9.17) is 4.98 Å². The highest BCUT2D eigenvalue weighted by Crippen LogP contribution is 2.37. The second kappa shape index (κ2) is 13.7. The molecule has 0 amide bonds. The molecule has 14 heteroatoms. The van der Waals surface area contributed by atoms with Gasteiger partial charge in [-0.25, -0.2) is 18.1 Å². The van der Waals surface area contributed by atoms with Crippen molar-refractivity contribution in [3.63, 3.8) is 0 Å². The summed E-state index contributed by atoms with van der Waals surface area (Å²) in [7, 11) is -4.60. The standard InChI is InChI=1S/C31H37F6N5O2S/c32-30(33,34)23-14-24(31(35,36)37)16-25(15-23)45(43,44)40-19-22-12-10-21(11-13-22)18-39-29-41-27-9-5-4-8-26(27)28(42-29)38-17-20-6-2-1-3-7-20/h4-5,8-9,14-16,20-22,40H,1-3,6-7,10-13,17-19H2,(H2,38,39,41,42). The molecular weight excluding hydrogens is 620 g/mol. The summed E-state index contributed by atoms with van der Waals surface area (Å²) in [5.74, 6) is 2.12. The van der Waals surface area contributed by atoms with Gasteiger partial charge in [-0.1, -0.05) is 31.4 Å². The molecule has 0 atom stereocenters. The quantitative estimate of drug-likeness (QED) is 0.192. The zero-order valence-electron chi connectivity index (χ0n) is 24.6. The van der Waals surface area contributed by atoms with Crippen LogP contribution in [0.2, 0.25) is 0 Å². The van der Waals surface area contributed by atoms with Gasteiger partial charge in [-0.2, -0.15) is 31.3 Å². The van der Waals surface area contributed by atoms with Crippen LogP contribution in [-0.4, -0.2) is 38.0 Å². The van der Waals surface area contributed by atoms with E-state index in [1.54, 1.807) is 0 Å². The molecule has 0 spiro atoms. The molecule has 2 aromatic carbocycles. The molecule has 3 aromatic rings. The fourth-order valence-corrected chi connectivity index (χ4v) is 7.38. The number of anilines is 2. The van der Waals surface area contributed by atoms with E-state index in [1.807, 2.05) is 24.3 Å². The van der Waals surface area contributed by atoms with Gasteiger partial charge in [0.2, 0.25) is 16.0 Å². The number of hydrogen-bond donors (Lipinski definition) is 3. The Morgan fingerprint density at radius 2 is 1.24 bits per heavy atom. The van der Waals surface area contributed by atoms with Crippen molar-refractivity contribution in [3.05, 3.63) is 53.6 Å². The molecule has 7 nitrogen and oxygen atoms in total. The largest absolute Gasteiger partial charge is 0.416 e. The average Bonchev–Trinajstić information content (AvgIpc) is 3.01. The number of halogens is 6. The predicted octanol–water partition coefficient (Wildman–Crippen LogP) is 7.86. The van der Waals surface area contributed by atoms with E-state index in [0.29, 0.717) is 31.3 Å². The van der Waals surface area contributed by atoms with Crippen LogP contribution in [0.1, 0.15) is 68.9 Å². The van der Waals surface area contributed by atoms with Gasteiger partial charge in [0.05, 0.1) is 21.5 Å². The molecule has 0 bridgehead atoms. The SMILES string of the molecule is O=S(=O)(NCC1CCC(CNc2nc(NCC3CCCCC3)c3ccccc3n2)CC1)c1cc(C(F)(F)F)cc(C(F)(F)F)c1. The number of aromatic nitrogens is 2. The van der Waals surface area contributed by atoms with Crippen LogP contribution in [0.15, 0.2) is 47.4 Å². The van der Waals surface area contributed by atoms with E-state index in [0.717, 1.165) is 36.1 Å². The highest BCUT2D eigenvalue weighted by atomic mass is 32.2. The van der Waals surface area contributed by atoms with Crippen LogP contribution in [-0.2, 0) is 22.4 Å². The molecule has 2 aliphatic rings. The maximum Gasteiger partial charge on any atom is 0.416 e. The molecule has 0 unspecified atom stereocenters. The van der Waals surface area contributed by atoms with Crippen LogP contribution in [0.3, 0.4) is 0 Å². The van der Waals surface area contributed by atoms with Gasteiger partial charge in [-0.05, 0) is 86.6 Å². The number of benzene rings is 2. The first-order valence-corrected chi connectivity index (χ1v) is 16.8. The molecule has 45 heavy (non-hydrogen) atoms. The number of nitrogens with one attached hydrogen (secondary N) is 3. The van der Waals surface area contributed by atoms with Crippen molar-refractivity contribution >= 4 is 32.7 Å². The Balaban J connectivity index is 1.15. The number of para-hydroxylation sites is 1. The molecule has 0 aliphatic heterocycles. The molecule has 246 valence electrons. The fraction of sp³-hybridized carbons (Fsp3) is 0.548. The predicted molar refractivity (Wildman–Crippen MR) is 160 cm³/mol. The average molecular weight is 658 g/mol. The van der Waals surface area contributed by atoms with Crippen molar-refractivity contribution in [1.29, 1.82) is 0 Å². The van der Waals surface area contributed by atoms with Crippen molar-refractivity contribution in [1.82, 2.24) is 14.7 Å². The molecule has 2 aliphatic carbocycles. The summed E-state index contributed by atoms with van der Waals surface area (Å²) < 4.78 is 107. The lowest BCUT2D eigenvalue weighted by molar-refractivity contribution is -0.143. The normalized spacial score (nSPS) is 20.3. The molecule has 2 fully saturated rings. The zero-order valence-corrected chi connectivity index (χ0v) is 25.5. The molecule has 5 rings (SSSR count). The van der Waals surface area contributed by atoms with Crippen LogP contribution in [0, 0.1) is 17.8 Å². The lowest BCUT2D eigenvalue weighted by atomic mass is 9.82. The minimum Gasteiger partial charge on any atom is -0.369 e. The van der Waals surface area contributed by atoms with E-state index in [2.05, 4.69) is 20.3 Å². The molecule has 3 N–H and O–H groups in total. The van der Waals surface area contributed by atoms with Crippen LogP contribution >= 0.6 is 0 Å². The third-order valence-corrected chi connectivity index (χ3v) is 10.2. The molecule has 2 saturated carbocycles. The number of rotatable bonds is 10. The minimum absolute atomic E-state index is 0.0795. The van der Waals surface area contributed by atoms with Crippen molar-refractivity contribution in [2.75, 3.05) is 30.3 Å². The first-order chi connectivity index (χ1) is 21.3. The second-order valence-electron chi connectivity index (χ2n) is 12.2. The summed E-state index contributed by atoms with van der Waals surface area (Å²) in [6, 6.07) is 8.21. The Morgan fingerprint density at radius 1 is 0.689 bits per heavy atom. The van der Waals surface area contributed by atoms with Gasteiger partial charge in [-0.15, -0.1) is 0 Å². The van der Waals surface area contributed by atoms with E-state index < -0.39 is 38.4 Å². The maximum absolute atomic E-state index is 13.2. The number of alkyl halides is 6. The van der Waals surface area contributed by atoms with E-state index >= 15 is 0 Å². The van der Waals surface area contributed by atoms with Gasteiger partial charge in [0.25, 0.3) is 0 Å². The van der Waals surface area contributed by atoms with Crippen LogP contribution < -0.4 is 15.4 Å². The lowest BCUT2D eigenvalue weighted by Gasteiger charge is -2.29. The van der Waals surface area contributed by atoms with Crippen molar-refractivity contribution < 1.29 is 34.8 Å². The third-order valence-electron chi connectivity index (χ3n) is 8.83. The Bertz CT molecular complexity index is 1530. The lowest BCUT2D eigenvalue weighted by Crippen LogP contribution is -2.32. The Kier molecular flexibility index (Phi) is 10.1. The van der Waals surface area contributed by atoms with Gasteiger partial charge in [0.1, 0.15) is 5.82 Å². The number of fused-ring (bicyclic) bond motifs is 1. The summed E-state index contributed by atoms with van der Waals surface area (Å²) in [6.07, 6.45) is -1.19. The number of sulfonamides is 1. The molecule has 0 radical (unpaired) electrons. The van der Waals surface area contributed by atoms with Crippen LogP contribution in [0.25, 0.3) is 10.9 Å². The molecule has 1 aromatic heterocycles. The summed E-state index contributed by atoms with van der Waals surface area (Å²) in [4.78, 5) is 8.38. The van der Waals surface area contributed by atoms with Crippen molar-refractivity contribution in [2.24, 2.45) is 17.8 Å². The smallest absolute Gasteiger partial charge is 0.369 e. The molecular formula is C31H37F6N5O2S. The summed E-state index contributed by atoms with van der Waals surface area (Å²) in [5, 5.41) is 7.86. The topological polar surface area (TPSA) is 96.0 Å². The fourth-order valence-electron chi connectivity index (χ4n) is 6.19. The van der Waals surface area contributed by atoms with Gasteiger partial charge < -0.3 is 10.6 Å². The van der Waals surface area contributed by atoms with Gasteiger partial charge >= 0.3 is 12.4 Å². The Morgan fingerprint density at radius 3 is 1.87 bits per heavy atom. The number of hydrogen-bond acceptors (Lipinski definition) is 6. The van der Waals surface area contributed by atoms with Gasteiger partial charge in [0.15, 0.2) is 0 Å². The van der Waals surface area contributed by atoms with Gasteiger partial charge in [0, 0.05) is 25.0 Å². The highest BCUT2D eigenvalue weighted by molar-refractivity contribution is 7.89. The van der Waals surface area contributed by atoms with E-state index in [-0.39, 0.29) is 36.6 Å². The van der Waals surface area contributed by atoms with Crippen molar-refractivity contribution in [3.8, 4) is 0 Å². The molecule has 1 heterocycles. The summed E-state index contributed by atoms with van der Waals surface area (Å²) in [6.45, 7) is 1.40. The minimum atomic E-state index is -5.14. The van der Waals surface area contributed by atoms with Crippen LogP contribution in [0.5, 0.6) is 0 Å². The summed E-state index contributed by atoms with van der Waals surface area (Å²) >= 11 is 0. The van der Waals surface area contributed by atoms with Crippen molar-refractivity contribution in [2.45, 2.75) is 75.0 Å². The second-order valence-corrected chi connectivity index (χ2v) is 13.9. The van der Waals surface area contributed by atoms with Gasteiger partial charge in [-0.3, -0.25) is 0 Å². The first kappa shape index (κ1) is 33.2. The monoisotopic (exact) mass is 657 g/mol. The van der Waals surface area contributed by atoms with Crippen LogP contribution in [0.4, 0.5) is 38.1 Å². The first-order valence-electron chi connectivity index (χ1n) is 15.3. The molecule has 0 saturated heterocycles. The maximum atomic E-state index is 13.2. The zero-order chi connectivity index (χ0) is 32.2. The Hall–Kier alpha value is -3.13. The third kappa shape index (κ3) is 8.78. The number of nitrogens with zero attached hydrogens (tertiary/aromatic N) is 2. The van der Waals surface area contributed by atoms with E-state index in [1.165, 1.54) is 32.1 Å².